The van der Waals surface area contributed by atoms with Crippen LogP contribution >= 0.6 is 11.6 Å². The van der Waals surface area contributed by atoms with Gasteiger partial charge < -0.3 is 14.6 Å². The van der Waals surface area contributed by atoms with Crippen LogP contribution in [-0.2, 0) is 19.1 Å². The van der Waals surface area contributed by atoms with Gasteiger partial charge in [0.25, 0.3) is 0 Å². The predicted octanol–water partition coefficient (Wildman–Crippen LogP) is 4.00. The Morgan fingerprint density at radius 3 is 2.68 bits per heavy atom. The Bertz CT molecular complexity index is 686. The number of carbonyl (C=O) groups is 2. The van der Waals surface area contributed by atoms with E-state index in [1.54, 1.807) is 0 Å². The Morgan fingerprint density at radius 1 is 1.39 bits per heavy atom. The summed E-state index contributed by atoms with van der Waals surface area (Å²) in [6, 6.07) is 0. The van der Waals surface area contributed by atoms with Crippen molar-refractivity contribution in [2.75, 3.05) is 5.88 Å². The van der Waals surface area contributed by atoms with Gasteiger partial charge in [0.2, 0.25) is 6.10 Å². The SMILES string of the molecule is CC(=O)O[C@@H]1C(=O)O[C@@H](C[C@]2(C)[C@@H]3CCCC(C)(C)C3=CC[C@@H]2C)[C@]1(O)CCl. The van der Waals surface area contributed by atoms with Gasteiger partial charge in [-0.05, 0) is 48.3 Å². The number of carbonyl (C=O) groups excluding carboxylic acids is 2. The number of aliphatic hydroxyl groups is 1. The van der Waals surface area contributed by atoms with E-state index in [4.69, 9.17) is 21.1 Å². The molecule has 0 amide bonds. The van der Waals surface area contributed by atoms with Crippen molar-refractivity contribution in [2.24, 2.45) is 22.7 Å². The number of fused-ring (bicyclic) bond motifs is 1. The first-order chi connectivity index (χ1) is 13.0. The summed E-state index contributed by atoms with van der Waals surface area (Å²) in [6.07, 6.45) is 5.16. The first kappa shape index (κ1) is 21.6. The van der Waals surface area contributed by atoms with E-state index < -0.39 is 29.7 Å². The van der Waals surface area contributed by atoms with Gasteiger partial charge >= 0.3 is 11.9 Å². The second kappa shape index (κ2) is 7.32. The normalized spacial score (nSPS) is 42.4. The van der Waals surface area contributed by atoms with Crippen LogP contribution in [0.4, 0.5) is 0 Å². The molecule has 6 heteroatoms. The summed E-state index contributed by atoms with van der Waals surface area (Å²) in [5.74, 6) is -0.824. The van der Waals surface area contributed by atoms with E-state index in [1.807, 2.05) is 0 Å². The average Bonchev–Trinajstić information content (AvgIpc) is 2.82. The second-order valence-corrected chi connectivity index (χ2v) is 10.1. The van der Waals surface area contributed by atoms with Crippen LogP contribution in [0.3, 0.4) is 0 Å². The molecule has 0 bridgehead atoms. The molecule has 2 fully saturated rings. The van der Waals surface area contributed by atoms with Crippen molar-refractivity contribution >= 4 is 23.5 Å². The van der Waals surface area contributed by atoms with E-state index in [0.717, 1.165) is 19.3 Å². The highest BCUT2D eigenvalue weighted by atomic mass is 35.5. The standard InChI is InChI=1S/C22H33ClO5/c1-13-8-9-15-16(7-6-10-20(15,3)4)21(13,5)11-17-22(26,12-23)18(19(25)28-17)27-14(2)24/h9,13,16-18,26H,6-8,10-12H2,1-5H3/t13-,16+,17-,18+,21-,22+/m0/s1. The molecular weight excluding hydrogens is 380 g/mol. The minimum Gasteiger partial charge on any atom is -0.456 e. The number of ether oxygens (including phenoxy) is 2. The van der Waals surface area contributed by atoms with Gasteiger partial charge in [0, 0.05) is 6.92 Å². The van der Waals surface area contributed by atoms with Gasteiger partial charge in [0.15, 0.2) is 5.60 Å². The highest BCUT2D eigenvalue weighted by Crippen LogP contribution is 2.59. The van der Waals surface area contributed by atoms with Gasteiger partial charge in [0.1, 0.15) is 6.10 Å². The number of allylic oxidation sites excluding steroid dienone is 2. The monoisotopic (exact) mass is 412 g/mol. The quantitative estimate of drug-likeness (QED) is 0.429. The molecule has 0 spiro atoms. The van der Waals surface area contributed by atoms with Gasteiger partial charge in [-0.3, -0.25) is 4.79 Å². The number of halogens is 1. The Hall–Kier alpha value is -1.07. The van der Waals surface area contributed by atoms with Crippen molar-refractivity contribution in [1.29, 1.82) is 0 Å². The highest BCUT2D eigenvalue weighted by Gasteiger charge is 2.61. The van der Waals surface area contributed by atoms with Gasteiger partial charge in [-0.1, -0.05) is 45.8 Å². The summed E-state index contributed by atoms with van der Waals surface area (Å²) >= 11 is 6.08. The smallest absolute Gasteiger partial charge is 0.351 e. The molecule has 3 rings (SSSR count). The molecule has 6 atom stereocenters. The number of esters is 2. The predicted molar refractivity (Wildman–Crippen MR) is 107 cm³/mol. The Kier molecular flexibility index (Phi) is 5.65. The maximum absolute atomic E-state index is 12.4. The number of hydrogen-bond donors (Lipinski definition) is 1. The maximum atomic E-state index is 12.4. The Labute approximate surface area is 172 Å². The molecule has 0 aromatic heterocycles. The summed E-state index contributed by atoms with van der Waals surface area (Å²) in [5, 5.41) is 11.2. The number of rotatable bonds is 4. The lowest BCUT2D eigenvalue weighted by Crippen LogP contribution is -2.54. The molecule has 0 aromatic rings. The van der Waals surface area contributed by atoms with Crippen LogP contribution in [0, 0.1) is 22.7 Å². The maximum Gasteiger partial charge on any atom is 0.351 e. The van der Waals surface area contributed by atoms with Crippen LogP contribution in [0.25, 0.3) is 0 Å². The van der Waals surface area contributed by atoms with Crippen LogP contribution in [0.2, 0.25) is 0 Å². The lowest BCUT2D eigenvalue weighted by molar-refractivity contribution is -0.164. The summed E-state index contributed by atoms with van der Waals surface area (Å²) < 4.78 is 10.6. The molecular formula is C22H33ClO5. The fraction of sp³-hybridized carbons (Fsp3) is 0.818. The topological polar surface area (TPSA) is 72.8 Å². The second-order valence-electron chi connectivity index (χ2n) is 9.87. The number of cyclic esters (lactones) is 1. The average molecular weight is 413 g/mol. The zero-order valence-electron chi connectivity index (χ0n) is 17.6. The molecule has 1 saturated heterocycles. The molecule has 0 aromatic carbocycles. The zero-order chi connectivity index (χ0) is 20.9. The number of alkyl halides is 1. The van der Waals surface area contributed by atoms with Crippen molar-refractivity contribution in [2.45, 2.75) is 84.5 Å². The van der Waals surface area contributed by atoms with E-state index >= 15 is 0 Å². The van der Waals surface area contributed by atoms with E-state index in [-0.39, 0.29) is 16.7 Å². The summed E-state index contributed by atoms with van der Waals surface area (Å²) in [6.45, 7) is 10.3. The summed E-state index contributed by atoms with van der Waals surface area (Å²) in [5.41, 5.74) is -0.189. The number of hydrogen-bond acceptors (Lipinski definition) is 5. The lowest BCUT2D eigenvalue weighted by Gasteiger charge is -2.54. The van der Waals surface area contributed by atoms with Crippen molar-refractivity contribution in [3.8, 4) is 0 Å². The third kappa shape index (κ3) is 3.39. The van der Waals surface area contributed by atoms with E-state index in [1.165, 1.54) is 18.9 Å². The third-order valence-corrected chi connectivity index (χ3v) is 8.10. The van der Waals surface area contributed by atoms with E-state index in [9.17, 15) is 14.7 Å². The summed E-state index contributed by atoms with van der Waals surface area (Å²) in [4.78, 5) is 23.8. The van der Waals surface area contributed by atoms with Crippen molar-refractivity contribution in [3.63, 3.8) is 0 Å². The fourth-order valence-corrected chi connectivity index (χ4v) is 5.96. The van der Waals surface area contributed by atoms with Crippen molar-refractivity contribution in [1.82, 2.24) is 0 Å². The van der Waals surface area contributed by atoms with Crippen LogP contribution in [-0.4, -0.2) is 40.7 Å². The Morgan fingerprint density at radius 2 is 2.07 bits per heavy atom. The third-order valence-electron chi connectivity index (χ3n) is 7.67. The van der Waals surface area contributed by atoms with Crippen LogP contribution in [0.15, 0.2) is 11.6 Å². The van der Waals surface area contributed by atoms with Gasteiger partial charge in [-0.15, -0.1) is 11.6 Å². The first-order valence-corrected chi connectivity index (χ1v) is 10.9. The molecule has 0 unspecified atom stereocenters. The molecule has 0 radical (unpaired) electrons. The molecule has 1 saturated carbocycles. The van der Waals surface area contributed by atoms with Gasteiger partial charge in [-0.25, -0.2) is 4.79 Å². The minimum atomic E-state index is -1.71. The first-order valence-electron chi connectivity index (χ1n) is 10.3. The van der Waals surface area contributed by atoms with Crippen LogP contribution < -0.4 is 0 Å². The lowest BCUT2D eigenvalue weighted by atomic mass is 9.51. The van der Waals surface area contributed by atoms with E-state index in [0.29, 0.717) is 18.3 Å². The Balaban J connectivity index is 1.92. The summed E-state index contributed by atoms with van der Waals surface area (Å²) in [7, 11) is 0. The zero-order valence-corrected chi connectivity index (χ0v) is 18.3. The van der Waals surface area contributed by atoms with Crippen LogP contribution in [0.1, 0.15) is 66.7 Å². The van der Waals surface area contributed by atoms with Gasteiger partial charge in [0.05, 0.1) is 5.88 Å². The molecule has 1 aliphatic heterocycles. The molecule has 2 aliphatic carbocycles. The molecule has 1 heterocycles. The fourth-order valence-electron chi connectivity index (χ4n) is 5.65. The largest absolute Gasteiger partial charge is 0.456 e. The molecule has 1 N–H and O–H groups in total. The van der Waals surface area contributed by atoms with E-state index in [2.05, 4.69) is 33.8 Å². The van der Waals surface area contributed by atoms with Gasteiger partial charge in [-0.2, -0.15) is 0 Å². The van der Waals surface area contributed by atoms with Crippen molar-refractivity contribution in [3.05, 3.63) is 11.6 Å². The highest BCUT2D eigenvalue weighted by molar-refractivity contribution is 6.19. The minimum absolute atomic E-state index is 0.141. The molecule has 28 heavy (non-hydrogen) atoms. The molecule has 158 valence electrons. The molecule has 5 nitrogen and oxygen atoms in total. The molecule has 3 aliphatic rings. The van der Waals surface area contributed by atoms with Crippen LogP contribution in [0.5, 0.6) is 0 Å². The van der Waals surface area contributed by atoms with Crippen molar-refractivity contribution < 1.29 is 24.2 Å².